The lowest BCUT2D eigenvalue weighted by Gasteiger charge is -2.47. The third-order valence-electron chi connectivity index (χ3n) is 6.14. The molecule has 0 bridgehead atoms. The number of carbonyl (C=O) groups is 3. The Morgan fingerprint density at radius 3 is 2.46 bits per heavy atom. The Hall–Kier alpha value is -1.81. The van der Waals surface area contributed by atoms with Crippen LogP contribution in [0.25, 0.3) is 0 Å². The highest BCUT2D eigenvalue weighted by Gasteiger charge is 2.51. The normalized spacial score (nSPS) is 33.5. The van der Waals surface area contributed by atoms with E-state index in [2.05, 4.69) is 0 Å². The van der Waals surface area contributed by atoms with E-state index >= 15 is 0 Å². The van der Waals surface area contributed by atoms with Gasteiger partial charge in [0.15, 0.2) is 17.9 Å². The topological polar surface area (TPSA) is 71.4 Å². The van der Waals surface area contributed by atoms with E-state index in [1.54, 1.807) is 6.92 Å². The van der Waals surface area contributed by atoms with Crippen LogP contribution in [0.1, 0.15) is 53.4 Å². The van der Waals surface area contributed by atoms with E-state index in [1.165, 1.54) is 6.08 Å². The van der Waals surface area contributed by atoms with Crippen LogP contribution in [0, 0.1) is 11.3 Å². The second kappa shape index (κ2) is 5.35. The van der Waals surface area contributed by atoms with Crippen LogP contribution in [0.4, 0.5) is 0 Å². The van der Waals surface area contributed by atoms with Crippen LogP contribution in [0.2, 0.25) is 0 Å². The molecule has 3 aliphatic carbocycles. The van der Waals surface area contributed by atoms with E-state index in [1.807, 2.05) is 20.8 Å². The maximum Gasteiger partial charge on any atom is 0.185 e. The van der Waals surface area contributed by atoms with Gasteiger partial charge in [0.05, 0.1) is 0 Å². The molecule has 0 aromatic rings. The largest absolute Gasteiger partial charge is 0.378 e. The lowest BCUT2D eigenvalue weighted by Crippen LogP contribution is -2.45. The first-order chi connectivity index (χ1) is 11.2. The van der Waals surface area contributed by atoms with Gasteiger partial charge >= 0.3 is 0 Å². The molecule has 0 aliphatic heterocycles. The Morgan fingerprint density at radius 2 is 1.88 bits per heavy atom. The van der Waals surface area contributed by atoms with Gasteiger partial charge < -0.3 is 5.11 Å². The number of rotatable bonds is 2. The SMILES string of the molecule is CC1=C2CCC3=C(C(=O)C=C(C(C)C)C3=O)C2(C)CCC1(O)C=O. The molecule has 0 heterocycles. The van der Waals surface area contributed by atoms with Gasteiger partial charge in [-0.25, -0.2) is 0 Å². The fourth-order valence-corrected chi connectivity index (χ4v) is 4.58. The van der Waals surface area contributed by atoms with Gasteiger partial charge in [-0.1, -0.05) is 26.3 Å². The number of carbonyl (C=O) groups excluding carboxylic acids is 3. The molecule has 0 amide bonds. The van der Waals surface area contributed by atoms with Crippen molar-refractivity contribution in [3.63, 3.8) is 0 Å². The zero-order valence-electron chi connectivity index (χ0n) is 14.7. The fraction of sp³-hybridized carbons (Fsp3) is 0.550. The lowest BCUT2D eigenvalue weighted by atomic mass is 9.56. The number of aliphatic hydroxyl groups is 1. The van der Waals surface area contributed by atoms with Crippen LogP contribution < -0.4 is 0 Å². The summed E-state index contributed by atoms with van der Waals surface area (Å²) in [6.07, 6.45) is 3.99. The zero-order chi connectivity index (χ0) is 17.9. The van der Waals surface area contributed by atoms with Crippen molar-refractivity contribution in [2.45, 2.75) is 59.0 Å². The highest BCUT2D eigenvalue weighted by atomic mass is 16.3. The number of allylic oxidation sites excluding steroid dienone is 5. The molecule has 4 heteroatoms. The molecule has 0 aromatic heterocycles. The smallest absolute Gasteiger partial charge is 0.185 e. The van der Waals surface area contributed by atoms with Crippen molar-refractivity contribution >= 4 is 17.9 Å². The Bertz CT molecular complexity index is 750. The number of ketones is 2. The summed E-state index contributed by atoms with van der Waals surface area (Å²) in [6.45, 7) is 7.60. The molecule has 0 saturated heterocycles. The molecule has 1 N–H and O–H groups in total. The zero-order valence-corrected chi connectivity index (χ0v) is 14.7. The fourth-order valence-electron chi connectivity index (χ4n) is 4.58. The van der Waals surface area contributed by atoms with Gasteiger partial charge in [0, 0.05) is 22.1 Å². The Balaban J connectivity index is 2.17. The Morgan fingerprint density at radius 1 is 1.21 bits per heavy atom. The first kappa shape index (κ1) is 17.0. The number of Topliss-reactive ketones (excluding diaryl/α,β-unsaturated/α-hetero) is 1. The van der Waals surface area contributed by atoms with Crippen molar-refractivity contribution in [1.82, 2.24) is 0 Å². The summed E-state index contributed by atoms with van der Waals surface area (Å²) in [7, 11) is 0. The lowest BCUT2D eigenvalue weighted by molar-refractivity contribution is -0.122. The Kier molecular flexibility index (Phi) is 3.79. The van der Waals surface area contributed by atoms with Crippen molar-refractivity contribution in [1.29, 1.82) is 0 Å². The summed E-state index contributed by atoms with van der Waals surface area (Å²) in [6, 6.07) is 0. The van der Waals surface area contributed by atoms with Crippen LogP contribution in [0.3, 0.4) is 0 Å². The number of aldehydes is 1. The minimum absolute atomic E-state index is 0.00579. The summed E-state index contributed by atoms with van der Waals surface area (Å²) in [4.78, 5) is 37.0. The highest BCUT2D eigenvalue weighted by molar-refractivity contribution is 6.23. The minimum Gasteiger partial charge on any atom is -0.378 e. The summed E-state index contributed by atoms with van der Waals surface area (Å²) < 4.78 is 0. The summed E-state index contributed by atoms with van der Waals surface area (Å²) in [5.41, 5.74) is 1.42. The van der Waals surface area contributed by atoms with Crippen molar-refractivity contribution in [3.05, 3.63) is 33.9 Å². The van der Waals surface area contributed by atoms with Crippen LogP contribution in [0.5, 0.6) is 0 Å². The predicted octanol–water partition coefficient (Wildman–Crippen LogP) is 2.86. The number of hydrogen-bond donors (Lipinski definition) is 1. The van der Waals surface area contributed by atoms with Crippen molar-refractivity contribution in [2.75, 3.05) is 0 Å². The molecule has 3 rings (SSSR count). The quantitative estimate of drug-likeness (QED) is 0.481. The average Bonchev–Trinajstić information content (AvgIpc) is 2.54. The molecule has 24 heavy (non-hydrogen) atoms. The molecular weight excluding hydrogens is 304 g/mol. The second-order valence-corrected chi connectivity index (χ2v) is 7.78. The van der Waals surface area contributed by atoms with E-state index in [-0.39, 0.29) is 23.9 Å². The van der Waals surface area contributed by atoms with Crippen molar-refractivity contribution < 1.29 is 19.5 Å². The monoisotopic (exact) mass is 328 g/mol. The summed E-state index contributed by atoms with van der Waals surface area (Å²) in [5.74, 6) is -0.0698. The van der Waals surface area contributed by atoms with Gasteiger partial charge in [-0.15, -0.1) is 0 Å². The van der Waals surface area contributed by atoms with Gasteiger partial charge in [-0.05, 0) is 50.2 Å². The van der Waals surface area contributed by atoms with Gasteiger partial charge in [-0.3, -0.25) is 14.4 Å². The first-order valence-electron chi connectivity index (χ1n) is 8.59. The molecule has 0 fully saturated rings. The van der Waals surface area contributed by atoms with Crippen LogP contribution >= 0.6 is 0 Å². The maximum absolute atomic E-state index is 12.8. The standard InChI is InChI=1S/C20H24O4/c1-11(2)14-9-16(22)17-13(18(14)23)5-6-15-12(3)20(24,10-21)8-7-19(15,17)4/h9-11,24H,5-8H2,1-4H3. The summed E-state index contributed by atoms with van der Waals surface area (Å²) in [5, 5.41) is 10.5. The third kappa shape index (κ3) is 2.12. The first-order valence-corrected chi connectivity index (χ1v) is 8.59. The van der Waals surface area contributed by atoms with Gasteiger partial charge in [0.25, 0.3) is 0 Å². The van der Waals surface area contributed by atoms with E-state index in [0.717, 1.165) is 5.57 Å². The van der Waals surface area contributed by atoms with Gasteiger partial charge in [0.1, 0.15) is 5.60 Å². The predicted molar refractivity (Wildman–Crippen MR) is 90.2 cm³/mol. The molecule has 0 radical (unpaired) electrons. The van der Waals surface area contributed by atoms with Gasteiger partial charge in [0.2, 0.25) is 0 Å². The van der Waals surface area contributed by atoms with Crippen molar-refractivity contribution in [3.8, 4) is 0 Å². The minimum atomic E-state index is -1.44. The Labute approximate surface area is 142 Å². The molecule has 2 unspecified atom stereocenters. The molecule has 128 valence electrons. The molecule has 0 spiro atoms. The summed E-state index contributed by atoms with van der Waals surface area (Å²) >= 11 is 0. The van der Waals surface area contributed by atoms with Gasteiger partial charge in [-0.2, -0.15) is 0 Å². The highest BCUT2D eigenvalue weighted by Crippen LogP contribution is 2.55. The van der Waals surface area contributed by atoms with Crippen LogP contribution in [-0.2, 0) is 14.4 Å². The van der Waals surface area contributed by atoms with E-state index < -0.39 is 11.0 Å². The van der Waals surface area contributed by atoms with Crippen molar-refractivity contribution in [2.24, 2.45) is 11.3 Å². The van der Waals surface area contributed by atoms with Crippen LogP contribution in [0.15, 0.2) is 33.9 Å². The molecule has 4 nitrogen and oxygen atoms in total. The molecule has 0 aromatic carbocycles. The van der Waals surface area contributed by atoms with E-state index in [4.69, 9.17) is 0 Å². The third-order valence-corrected chi connectivity index (χ3v) is 6.14. The maximum atomic E-state index is 12.8. The second-order valence-electron chi connectivity index (χ2n) is 7.78. The van der Waals surface area contributed by atoms with E-state index in [9.17, 15) is 19.5 Å². The number of fused-ring (bicyclic) bond motifs is 2. The molecule has 3 aliphatic rings. The van der Waals surface area contributed by atoms with E-state index in [0.29, 0.717) is 47.8 Å². The average molecular weight is 328 g/mol. The van der Waals surface area contributed by atoms with Crippen LogP contribution in [-0.4, -0.2) is 28.6 Å². The molecule has 0 saturated carbocycles. The molecule has 2 atom stereocenters. The number of hydrogen-bond acceptors (Lipinski definition) is 4. The molecular formula is C20H24O4.